The average Bonchev–Trinajstić information content (AvgIpc) is 2.82. The summed E-state index contributed by atoms with van der Waals surface area (Å²) in [5.41, 5.74) is 3.91. The van der Waals surface area contributed by atoms with Gasteiger partial charge in [-0.25, -0.2) is 4.68 Å². The second-order valence-corrected chi connectivity index (χ2v) is 6.75. The van der Waals surface area contributed by atoms with E-state index in [1.54, 1.807) is 0 Å². The number of nitrogens with zero attached hydrogens (tertiary/aromatic N) is 2. The van der Waals surface area contributed by atoms with Gasteiger partial charge in [-0.3, -0.25) is 0 Å². The number of anilines is 1. The molecule has 0 saturated carbocycles. The third-order valence-corrected chi connectivity index (χ3v) is 3.95. The lowest BCUT2D eigenvalue weighted by Crippen LogP contribution is -2.24. The molecule has 0 fully saturated rings. The fraction of sp³-hybridized carbons (Fsp3) is 0.471. The molecule has 2 aromatic rings. The number of hydrogen-bond donors (Lipinski definition) is 1. The highest BCUT2D eigenvalue weighted by Crippen LogP contribution is 2.33. The van der Waals surface area contributed by atoms with Crippen LogP contribution in [0.5, 0.6) is 0 Å². The molecule has 1 aromatic carbocycles. The summed E-state index contributed by atoms with van der Waals surface area (Å²) >= 11 is 0. The molecule has 1 unspecified atom stereocenters. The maximum atomic E-state index is 4.86. The van der Waals surface area contributed by atoms with E-state index in [4.69, 9.17) is 5.10 Å². The molecule has 3 nitrogen and oxygen atoms in total. The highest BCUT2D eigenvalue weighted by Gasteiger charge is 2.26. The van der Waals surface area contributed by atoms with Crippen LogP contribution in [-0.2, 0) is 5.41 Å². The van der Waals surface area contributed by atoms with Crippen LogP contribution in [0, 0.1) is 6.92 Å². The zero-order chi connectivity index (χ0) is 14.3. The highest BCUT2D eigenvalue weighted by atomic mass is 15.4. The summed E-state index contributed by atoms with van der Waals surface area (Å²) < 4.78 is 2.17. The predicted molar refractivity (Wildman–Crippen MR) is 83.4 cm³/mol. The summed E-state index contributed by atoms with van der Waals surface area (Å²) in [5.74, 6) is 1.15. The van der Waals surface area contributed by atoms with E-state index in [0.717, 1.165) is 24.5 Å². The molecule has 20 heavy (non-hydrogen) atoms. The minimum absolute atomic E-state index is 0.0865. The van der Waals surface area contributed by atoms with Gasteiger partial charge in [-0.2, -0.15) is 5.10 Å². The lowest BCUT2D eigenvalue weighted by Gasteiger charge is -2.26. The molecule has 0 aliphatic carbocycles. The first-order chi connectivity index (χ1) is 9.45. The van der Waals surface area contributed by atoms with Gasteiger partial charge in [-0.05, 0) is 18.9 Å². The second-order valence-electron chi connectivity index (χ2n) is 6.75. The maximum Gasteiger partial charge on any atom is 0.125 e. The summed E-state index contributed by atoms with van der Waals surface area (Å²) in [6.45, 7) is 9.79. The van der Waals surface area contributed by atoms with Gasteiger partial charge < -0.3 is 5.32 Å². The number of rotatable bonds is 1. The van der Waals surface area contributed by atoms with Gasteiger partial charge in [0.1, 0.15) is 5.82 Å². The van der Waals surface area contributed by atoms with Crippen LogP contribution in [0.1, 0.15) is 50.1 Å². The minimum atomic E-state index is 0.0865. The van der Waals surface area contributed by atoms with E-state index < -0.39 is 0 Å². The molecule has 0 spiro atoms. The quantitative estimate of drug-likeness (QED) is 0.851. The molecule has 0 amide bonds. The lowest BCUT2D eigenvalue weighted by molar-refractivity contribution is 0.462. The van der Waals surface area contributed by atoms with Gasteiger partial charge in [0.25, 0.3) is 0 Å². The zero-order valence-electron chi connectivity index (χ0n) is 12.8. The largest absolute Gasteiger partial charge is 0.370 e. The van der Waals surface area contributed by atoms with E-state index in [9.17, 15) is 0 Å². The van der Waals surface area contributed by atoms with Crippen molar-refractivity contribution in [1.29, 1.82) is 0 Å². The van der Waals surface area contributed by atoms with Crippen molar-refractivity contribution in [2.75, 3.05) is 11.9 Å². The predicted octanol–water partition coefficient (Wildman–Crippen LogP) is 3.89. The average molecular weight is 269 g/mol. The summed E-state index contributed by atoms with van der Waals surface area (Å²) in [6, 6.07) is 11.3. The molecule has 0 saturated heterocycles. The van der Waals surface area contributed by atoms with Gasteiger partial charge in [-0.15, -0.1) is 0 Å². The van der Waals surface area contributed by atoms with Crippen LogP contribution in [0.3, 0.4) is 0 Å². The standard InChI is InChI=1S/C17H23N3/c1-12-6-5-7-13(10-12)14-8-9-18-16-11-15(17(2,3)4)19-20(14)16/h5-7,10-11,14,18H,8-9H2,1-4H3. The van der Waals surface area contributed by atoms with Crippen LogP contribution in [0.4, 0.5) is 5.82 Å². The van der Waals surface area contributed by atoms with E-state index in [2.05, 4.69) is 68.0 Å². The second kappa shape index (κ2) is 4.65. The first-order valence-electron chi connectivity index (χ1n) is 7.35. The Bertz CT molecular complexity index is 619. The number of nitrogens with one attached hydrogen (secondary N) is 1. The van der Waals surface area contributed by atoms with E-state index in [1.165, 1.54) is 11.1 Å². The van der Waals surface area contributed by atoms with Crippen LogP contribution < -0.4 is 5.32 Å². The normalized spacial score (nSPS) is 18.5. The molecule has 3 rings (SSSR count). The van der Waals surface area contributed by atoms with Gasteiger partial charge in [0.05, 0.1) is 11.7 Å². The van der Waals surface area contributed by atoms with Crippen LogP contribution >= 0.6 is 0 Å². The molecule has 1 aliphatic heterocycles. The Labute approximate surface area is 121 Å². The number of hydrogen-bond acceptors (Lipinski definition) is 2. The number of aryl methyl sites for hydroxylation is 1. The topological polar surface area (TPSA) is 29.9 Å². The number of fused-ring (bicyclic) bond motifs is 1. The van der Waals surface area contributed by atoms with E-state index in [-0.39, 0.29) is 5.41 Å². The smallest absolute Gasteiger partial charge is 0.125 e. The molecule has 3 heteroatoms. The van der Waals surface area contributed by atoms with Crippen molar-refractivity contribution in [2.45, 2.75) is 45.6 Å². The van der Waals surface area contributed by atoms with Crippen LogP contribution in [0.2, 0.25) is 0 Å². The minimum Gasteiger partial charge on any atom is -0.370 e. The third kappa shape index (κ3) is 2.33. The van der Waals surface area contributed by atoms with E-state index in [0.29, 0.717) is 6.04 Å². The van der Waals surface area contributed by atoms with Gasteiger partial charge >= 0.3 is 0 Å². The summed E-state index contributed by atoms with van der Waals surface area (Å²) in [4.78, 5) is 0. The molecule has 0 bridgehead atoms. The molecular formula is C17H23N3. The van der Waals surface area contributed by atoms with Gasteiger partial charge in [0, 0.05) is 18.0 Å². The molecular weight excluding hydrogens is 246 g/mol. The molecule has 1 atom stereocenters. The van der Waals surface area contributed by atoms with Crippen molar-refractivity contribution in [3.8, 4) is 0 Å². The van der Waals surface area contributed by atoms with Crippen molar-refractivity contribution >= 4 is 5.82 Å². The third-order valence-electron chi connectivity index (χ3n) is 3.95. The Balaban J connectivity index is 2.04. The van der Waals surface area contributed by atoms with E-state index in [1.807, 2.05) is 0 Å². The Hall–Kier alpha value is -1.77. The van der Waals surface area contributed by atoms with Crippen molar-refractivity contribution in [1.82, 2.24) is 9.78 Å². The maximum absolute atomic E-state index is 4.86. The Morgan fingerprint density at radius 2 is 2.05 bits per heavy atom. The van der Waals surface area contributed by atoms with Crippen molar-refractivity contribution in [3.05, 3.63) is 47.2 Å². The van der Waals surface area contributed by atoms with Gasteiger partial charge in [0.15, 0.2) is 0 Å². The van der Waals surface area contributed by atoms with Gasteiger partial charge in [-0.1, -0.05) is 50.6 Å². The Morgan fingerprint density at radius 1 is 1.25 bits per heavy atom. The Kier molecular flexibility index (Phi) is 3.08. The monoisotopic (exact) mass is 269 g/mol. The first-order valence-corrected chi connectivity index (χ1v) is 7.35. The molecule has 0 radical (unpaired) electrons. The van der Waals surface area contributed by atoms with Crippen molar-refractivity contribution in [2.24, 2.45) is 0 Å². The van der Waals surface area contributed by atoms with Crippen LogP contribution in [0.15, 0.2) is 30.3 Å². The molecule has 1 aliphatic rings. The van der Waals surface area contributed by atoms with Crippen molar-refractivity contribution in [3.63, 3.8) is 0 Å². The molecule has 1 aromatic heterocycles. The SMILES string of the molecule is Cc1cccc(C2CCNc3cc(C(C)(C)C)nn32)c1. The Morgan fingerprint density at radius 3 is 2.75 bits per heavy atom. The fourth-order valence-electron chi connectivity index (χ4n) is 2.78. The highest BCUT2D eigenvalue weighted by molar-refractivity contribution is 5.43. The number of benzene rings is 1. The summed E-state index contributed by atoms with van der Waals surface area (Å²) in [6.07, 6.45) is 1.09. The molecule has 2 heterocycles. The van der Waals surface area contributed by atoms with Crippen LogP contribution in [0.25, 0.3) is 0 Å². The van der Waals surface area contributed by atoms with Gasteiger partial charge in [0.2, 0.25) is 0 Å². The van der Waals surface area contributed by atoms with E-state index >= 15 is 0 Å². The van der Waals surface area contributed by atoms with Crippen molar-refractivity contribution < 1.29 is 0 Å². The lowest BCUT2D eigenvalue weighted by atomic mass is 9.92. The number of aromatic nitrogens is 2. The summed E-state index contributed by atoms with van der Waals surface area (Å²) in [7, 11) is 0. The first kappa shape index (κ1) is 13.2. The summed E-state index contributed by atoms with van der Waals surface area (Å²) in [5, 5.41) is 8.33. The zero-order valence-corrected chi connectivity index (χ0v) is 12.8. The van der Waals surface area contributed by atoms with Crippen LogP contribution in [-0.4, -0.2) is 16.3 Å². The molecule has 106 valence electrons. The molecule has 1 N–H and O–H groups in total. The fourth-order valence-corrected chi connectivity index (χ4v) is 2.78.